The van der Waals surface area contributed by atoms with Crippen LogP contribution in [0.4, 0.5) is 34.1 Å². The molecule has 0 bridgehead atoms. The maximum absolute atomic E-state index is 7.13. The number of aryl methyl sites for hydroxylation is 2. The predicted molar refractivity (Wildman–Crippen MR) is 354 cm³/mol. The van der Waals surface area contributed by atoms with E-state index >= 15 is 0 Å². The molecule has 4 aromatic heterocycles. The fourth-order valence-electron chi connectivity index (χ4n) is 13.5. The quantitative estimate of drug-likeness (QED) is 0.144. The normalized spacial score (nSPS) is 12.1. The lowest BCUT2D eigenvalue weighted by atomic mass is 9.94. The Hall–Kier alpha value is -10.8. The molecule has 0 aliphatic heterocycles. The van der Waals surface area contributed by atoms with Crippen LogP contribution >= 0.6 is 0 Å². The number of para-hydroxylation sites is 6. The van der Waals surface area contributed by atoms with E-state index in [4.69, 9.17) is 17.7 Å². The van der Waals surface area contributed by atoms with Gasteiger partial charge >= 0.3 is 0 Å². The highest BCUT2D eigenvalue weighted by Gasteiger charge is 2.27. The van der Waals surface area contributed by atoms with Gasteiger partial charge in [-0.05, 0) is 148 Å². The van der Waals surface area contributed by atoms with Gasteiger partial charge < -0.3 is 27.5 Å². The summed E-state index contributed by atoms with van der Waals surface area (Å²) < 4.78 is 28.3. The highest BCUT2D eigenvalue weighted by atomic mass is 16.4. The van der Waals surface area contributed by atoms with E-state index in [2.05, 4.69) is 286 Å². The van der Waals surface area contributed by atoms with E-state index < -0.39 is 0 Å². The van der Waals surface area contributed by atoms with Gasteiger partial charge in [-0.15, -0.1) is 0 Å². The molecule has 0 unspecified atom stereocenters. The van der Waals surface area contributed by atoms with Crippen LogP contribution in [0.25, 0.3) is 132 Å². The number of furan rings is 4. The Kier molecular flexibility index (Phi) is 10.8. The molecule has 0 saturated heterocycles. The molecule has 13 aromatic carbocycles. The van der Waals surface area contributed by atoms with Crippen LogP contribution in [0, 0.1) is 13.8 Å². The first-order valence-electron chi connectivity index (χ1n) is 29.2. The molecule has 0 N–H and O–H groups in total. The van der Waals surface area contributed by atoms with Crippen LogP contribution in [-0.4, -0.2) is 0 Å². The van der Waals surface area contributed by atoms with Crippen molar-refractivity contribution in [2.24, 2.45) is 0 Å². The third-order valence-corrected chi connectivity index (χ3v) is 17.6. The third kappa shape index (κ3) is 7.58. The molecule has 0 aliphatic carbocycles. The standard InChI is InChI=1S/C79H54N2O4/c1-46(2)63-45-65-64-41-51-35-37-55(80(67-31-13-11-19-47(67)3)69-33-17-29-61-59-27-15-25-57(74(59)84-76(61)69)49-21-7-5-8-22-49)39-53(51)43-71(64)82-78(65)79-73(63)66-42-52-36-38-56(40-54(52)44-72(66)83-79)81(68-32-14-12-20-48(68)4)70-34-18-30-62-60-28-16-26-58(75(60)85-77(62)70)50-23-9-6-10-24-50/h5-46H,1-4H3. The maximum atomic E-state index is 7.13. The number of fused-ring (bicyclic) bond motifs is 15. The van der Waals surface area contributed by atoms with Crippen LogP contribution < -0.4 is 9.80 Å². The van der Waals surface area contributed by atoms with Gasteiger partial charge in [0.25, 0.3) is 0 Å². The van der Waals surface area contributed by atoms with Crippen molar-refractivity contribution in [2.45, 2.75) is 33.6 Å². The highest BCUT2D eigenvalue weighted by Crippen LogP contribution is 2.50. The van der Waals surface area contributed by atoms with Crippen molar-refractivity contribution in [1.82, 2.24) is 0 Å². The van der Waals surface area contributed by atoms with Crippen molar-refractivity contribution in [2.75, 3.05) is 9.80 Å². The van der Waals surface area contributed by atoms with Gasteiger partial charge in [0.15, 0.2) is 22.3 Å². The molecule has 4 heterocycles. The Balaban J connectivity index is 0.806. The minimum absolute atomic E-state index is 0.208. The van der Waals surface area contributed by atoms with Crippen LogP contribution in [-0.2, 0) is 0 Å². The van der Waals surface area contributed by atoms with Crippen LogP contribution in [0.1, 0.15) is 36.5 Å². The second-order valence-corrected chi connectivity index (χ2v) is 23.0. The topological polar surface area (TPSA) is 59.0 Å². The largest absolute Gasteiger partial charge is 0.453 e. The van der Waals surface area contributed by atoms with E-state index in [-0.39, 0.29) is 5.92 Å². The van der Waals surface area contributed by atoms with Gasteiger partial charge in [0.2, 0.25) is 0 Å². The van der Waals surface area contributed by atoms with E-state index in [0.717, 1.165) is 177 Å². The summed E-state index contributed by atoms with van der Waals surface area (Å²) >= 11 is 0. The second kappa shape index (κ2) is 18.9. The van der Waals surface area contributed by atoms with E-state index in [1.54, 1.807) is 0 Å². The molecule has 0 saturated carbocycles. The molecule has 6 heteroatoms. The third-order valence-electron chi connectivity index (χ3n) is 17.6. The summed E-state index contributed by atoms with van der Waals surface area (Å²) in [5.41, 5.74) is 20.5. The molecule has 17 rings (SSSR count). The Bertz CT molecular complexity index is 5570. The first-order chi connectivity index (χ1) is 41.8. The van der Waals surface area contributed by atoms with Crippen molar-refractivity contribution in [1.29, 1.82) is 0 Å². The van der Waals surface area contributed by atoms with Gasteiger partial charge in [-0.2, -0.15) is 0 Å². The first kappa shape index (κ1) is 48.8. The minimum atomic E-state index is 0.208. The van der Waals surface area contributed by atoms with Crippen LogP contribution in [0.5, 0.6) is 0 Å². The minimum Gasteiger partial charge on any atom is -0.453 e. The summed E-state index contributed by atoms with van der Waals surface area (Å²) in [6, 6.07) is 88.8. The molecular weight excluding hydrogens is 1040 g/mol. The van der Waals surface area contributed by atoms with Crippen molar-refractivity contribution >= 4 is 143 Å². The van der Waals surface area contributed by atoms with Gasteiger partial charge in [-0.3, -0.25) is 0 Å². The predicted octanol–water partition coefficient (Wildman–Crippen LogP) is 23.6. The van der Waals surface area contributed by atoms with Crippen molar-refractivity contribution in [3.63, 3.8) is 0 Å². The molecule has 6 nitrogen and oxygen atoms in total. The van der Waals surface area contributed by atoms with E-state index in [9.17, 15) is 0 Å². The summed E-state index contributed by atoms with van der Waals surface area (Å²) in [6.45, 7) is 8.88. The Labute approximate surface area is 489 Å². The Morgan fingerprint density at radius 1 is 0.294 bits per heavy atom. The zero-order valence-electron chi connectivity index (χ0n) is 47.3. The zero-order chi connectivity index (χ0) is 56.6. The number of rotatable bonds is 9. The number of anilines is 6. The molecule has 85 heavy (non-hydrogen) atoms. The Morgan fingerprint density at radius 3 is 1.24 bits per heavy atom. The molecule has 0 fully saturated rings. The summed E-state index contributed by atoms with van der Waals surface area (Å²) in [6.07, 6.45) is 0. The molecule has 0 atom stereocenters. The van der Waals surface area contributed by atoms with Gasteiger partial charge in [-0.1, -0.05) is 184 Å². The van der Waals surface area contributed by atoms with Gasteiger partial charge in [0.05, 0.1) is 11.4 Å². The summed E-state index contributed by atoms with van der Waals surface area (Å²) in [7, 11) is 0. The maximum Gasteiger partial charge on any atom is 0.178 e. The summed E-state index contributed by atoms with van der Waals surface area (Å²) in [5.74, 6) is 0.208. The lowest BCUT2D eigenvalue weighted by molar-refractivity contribution is 0.633. The molecule has 0 amide bonds. The SMILES string of the molecule is Cc1ccccc1N(c1ccc2cc3c(cc2c1)oc1c3cc(C(C)C)c2c3cc4ccc(N(c5ccccc5C)c5cccc6c5oc5c(-c7ccccc7)cccc56)cc4cc3oc12)c1cccc2c1oc1c(-c3ccccc3)cccc12. The smallest absolute Gasteiger partial charge is 0.178 e. The lowest BCUT2D eigenvalue weighted by Crippen LogP contribution is -2.11. The van der Waals surface area contributed by atoms with Crippen LogP contribution in [0.3, 0.4) is 0 Å². The van der Waals surface area contributed by atoms with E-state index in [1.165, 1.54) is 5.56 Å². The summed E-state index contributed by atoms with van der Waals surface area (Å²) in [5, 5.41) is 12.9. The fraction of sp³-hybridized carbons (Fsp3) is 0.0633. The van der Waals surface area contributed by atoms with Crippen molar-refractivity contribution < 1.29 is 17.7 Å². The van der Waals surface area contributed by atoms with Gasteiger partial charge in [-0.25, -0.2) is 0 Å². The van der Waals surface area contributed by atoms with Crippen LogP contribution in [0.15, 0.2) is 266 Å². The molecule has 0 radical (unpaired) electrons. The molecule has 404 valence electrons. The fourth-order valence-corrected chi connectivity index (χ4v) is 13.5. The molecular formula is C79H54N2O4. The zero-order valence-corrected chi connectivity index (χ0v) is 47.3. The van der Waals surface area contributed by atoms with Crippen LogP contribution in [0.2, 0.25) is 0 Å². The summed E-state index contributed by atoms with van der Waals surface area (Å²) in [4.78, 5) is 4.68. The molecule has 17 aromatic rings. The van der Waals surface area contributed by atoms with Gasteiger partial charge in [0, 0.05) is 77.0 Å². The number of nitrogens with zero attached hydrogens (tertiary/aromatic N) is 2. The monoisotopic (exact) mass is 1090 g/mol. The first-order valence-corrected chi connectivity index (χ1v) is 29.2. The van der Waals surface area contributed by atoms with E-state index in [1.807, 2.05) is 0 Å². The molecule has 0 aliphatic rings. The van der Waals surface area contributed by atoms with Gasteiger partial charge in [0.1, 0.15) is 22.3 Å². The van der Waals surface area contributed by atoms with Crippen molar-refractivity contribution in [3.8, 4) is 22.3 Å². The number of benzene rings is 13. The van der Waals surface area contributed by atoms with Crippen molar-refractivity contribution in [3.05, 3.63) is 265 Å². The molecule has 0 spiro atoms. The lowest BCUT2D eigenvalue weighted by Gasteiger charge is -2.27. The average molecular weight is 1100 g/mol. The number of hydrogen-bond acceptors (Lipinski definition) is 6. The van der Waals surface area contributed by atoms with E-state index in [0.29, 0.717) is 0 Å². The second-order valence-electron chi connectivity index (χ2n) is 23.0. The average Bonchev–Trinajstić information content (AvgIpc) is 2.27. The highest BCUT2D eigenvalue weighted by molar-refractivity contribution is 6.23. The Morgan fingerprint density at radius 2 is 0.729 bits per heavy atom. The number of hydrogen-bond donors (Lipinski definition) is 0.